The van der Waals surface area contributed by atoms with Crippen molar-refractivity contribution in [2.24, 2.45) is 5.84 Å². The summed E-state index contributed by atoms with van der Waals surface area (Å²) >= 11 is 1.46. The summed E-state index contributed by atoms with van der Waals surface area (Å²) in [6.07, 6.45) is 3.14. The zero-order chi connectivity index (χ0) is 15.1. The van der Waals surface area contributed by atoms with E-state index in [0.717, 1.165) is 0 Å². The molecule has 1 amide bonds. The Morgan fingerprint density at radius 3 is 2.90 bits per heavy atom. The molecule has 0 saturated carbocycles. The van der Waals surface area contributed by atoms with Gasteiger partial charge in [0.25, 0.3) is 5.91 Å². The molecule has 110 valence electrons. The molecule has 0 radical (unpaired) electrons. The van der Waals surface area contributed by atoms with Gasteiger partial charge in [-0.25, -0.2) is 15.8 Å². The highest BCUT2D eigenvalue weighted by Gasteiger charge is 2.05. The van der Waals surface area contributed by atoms with Crippen LogP contribution >= 0.6 is 11.8 Å². The van der Waals surface area contributed by atoms with Gasteiger partial charge in [-0.3, -0.25) is 10.2 Å². The van der Waals surface area contributed by atoms with E-state index in [-0.39, 0.29) is 5.91 Å². The predicted octanol–water partition coefficient (Wildman–Crippen LogP) is 0.833. The van der Waals surface area contributed by atoms with Crippen molar-refractivity contribution in [3.8, 4) is 5.75 Å². The maximum atomic E-state index is 11.4. The van der Waals surface area contributed by atoms with Gasteiger partial charge in [0, 0.05) is 23.7 Å². The third-order valence-electron chi connectivity index (χ3n) is 2.51. The number of anilines is 1. The highest BCUT2D eigenvalue weighted by Crippen LogP contribution is 2.20. The van der Waals surface area contributed by atoms with Gasteiger partial charge in [-0.1, -0.05) is 17.8 Å². The third kappa shape index (κ3) is 4.33. The lowest BCUT2D eigenvalue weighted by molar-refractivity contribution is 0.0953. The van der Waals surface area contributed by atoms with E-state index in [4.69, 9.17) is 16.3 Å². The summed E-state index contributed by atoms with van der Waals surface area (Å²) in [4.78, 5) is 19.5. The molecule has 1 aromatic heterocycles. The first-order valence-electron chi connectivity index (χ1n) is 6.14. The normalized spacial score (nSPS) is 10.1. The average Bonchev–Trinajstić information content (AvgIpc) is 2.52. The molecule has 8 heteroatoms. The number of thioether (sulfide) groups is 1. The van der Waals surface area contributed by atoms with Gasteiger partial charge in [0.2, 0.25) is 0 Å². The molecule has 2 rings (SSSR count). The first kappa shape index (κ1) is 15.1. The maximum absolute atomic E-state index is 11.4. The molecular formula is C13H15N5O2S. The van der Waals surface area contributed by atoms with Crippen LogP contribution in [0.1, 0.15) is 10.4 Å². The molecule has 2 aromatic rings. The van der Waals surface area contributed by atoms with Gasteiger partial charge >= 0.3 is 0 Å². The molecule has 0 saturated heterocycles. The van der Waals surface area contributed by atoms with E-state index in [2.05, 4.69) is 15.4 Å². The van der Waals surface area contributed by atoms with Crippen molar-refractivity contribution < 1.29 is 9.53 Å². The molecule has 1 heterocycles. The van der Waals surface area contributed by atoms with Crippen LogP contribution in [-0.4, -0.2) is 28.2 Å². The molecular weight excluding hydrogens is 290 g/mol. The van der Waals surface area contributed by atoms with Crippen LogP contribution in [0.25, 0.3) is 0 Å². The number of hydrazine groups is 1. The smallest absolute Gasteiger partial charge is 0.265 e. The Kier molecular flexibility index (Phi) is 5.35. The number of nitrogens with one attached hydrogen (secondary N) is 1. The minimum Gasteiger partial charge on any atom is -0.493 e. The molecule has 7 nitrogen and oxygen atoms in total. The summed E-state index contributed by atoms with van der Waals surface area (Å²) in [5.74, 6) is 6.40. The Hall–Kier alpha value is -2.32. The Morgan fingerprint density at radius 1 is 1.33 bits per heavy atom. The lowest BCUT2D eigenvalue weighted by Crippen LogP contribution is -2.29. The molecule has 0 atom stereocenters. The van der Waals surface area contributed by atoms with E-state index in [9.17, 15) is 4.79 Å². The van der Waals surface area contributed by atoms with Crippen LogP contribution < -0.4 is 21.7 Å². The predicted molar refractivity (Wildman–Crippen MR) is 80.8 cm³/mol. The van der Waals surface area contributed by atoms with E-state index in [1.807, 2.05) is 0 Å². The van der Waals surface area contributed by atoms with Crippen molar-refractivity contribution in [3.63, 3.8) is 0 Å². The molecule has 1 aromatic carbocycles. The van der Waals surface area contributed by atoms with E-state index in [0.29, 0.717) is 34.5 Å². The van der Waals surface area contributed by atoms with Gasteiger partial charge in [-0.2, -0.15) is 0 Å². The summed E-state index contributed by atoms with van der Waals surface area (Å²) in [6.45, 7) is 0.453. The van der Waals surface area contributed by atoms with Gasteiger partial charge in [0.1, 0.15) is 10.8 Å². The first-order valence-corrected chi connectivity index (χ1v) is 7.12. The van der Waals surface area contributed by atoms with Gasteiger partial charge in [-0.05, 0) is 18.2 Å². The fourth-order valence-electron chi connectivity index (χ4n) is 1.56. The van der Waals surface area contributed by atoms with Gasteiger partial charge in [-0.15, -0.1) is 0 Å². The van der Waals surface area contributed by atoms with Crippen LogP contribution in [0.2, 0.25) is 0 Å². The van der Waals surface area contributed by atoms with Crippen LogP contribution in [0, 0.1) is 0 Å². The number of carbonyl (C=O) groups is 1. The minimum atomic E-state index is -0.359. The average molecular weight is 305 g/mol. The zero-order valence-corrected chi connectivity index (χ0v) is 12.0. The summed E-state index contributed by atoms with van der Waals surface area (Å²) in [6, 6.07) is 6.79. The lowest BCUT2D eigenvalue weighted by atomic mass is 10.2. The largest absolute Gasteiger partial charge is 0.493 e. The molecule has 0 unspecified atom stereocenters. The Balaban J connectivity index is 1.84. The minimum absolute atomic E-state index is 0.359. The first-order chi connectivity index (χ1) is 10.2. The van der Waals surface area contributed by atoms with E-state index in [1.165, 1.54) is 11.8 Å². The molecule has 0 aliphatic carbocycles. The Morgan fingerprint density at radius 2 is 2.14 bits per heavy atom. The van der Waals surface area contributed by atoms with Gasteiger partial charge < -0.3 is 10.5 Å². The Bertz CT molecular complexity index is 623. The van der Waals surface area contributed by atoms with E-state index < -0.39 is 0 Å². The number of carbonyl (C=O) groups excluding carboxylic acids is 1. The number of hydrogen-bond donors (Lipinski definition) is 3. The topological polar surface area (TPSA) is 116 Å². The highest BCUT2D eigenvalue weighted by atomic mass is 32.2. The maximum Gasteiger partial charge on any atom is 0.265 e. The van der Waals surface area contributed by atoms with Crippen LogP contribution in [0.15, 0.2) is 41.7 Å². The van der Waals surface area contributed by atoms with Crippen molar-refractivity contribution >= 4 is 23.5 Å². The molecule has 5 N–H and O–H groups in total. The number of amides is 1. The standard InChI is InChI=1S/C13H15N5O2S/c14-11-13(17-5-4-16-11)21-7-6-20-10-3-1-2-9(8-10)12(19)18-15/h1-5,8H,6-7,15H2,(H2,14,16)(H,18,19). The van der Waals surface area contributed by atoms with Crippen molar-refractivity contribution in [1.82, 2.24) is 15.4 Å². The van der Waals surface area contributed by atoms with E-state index >= 15 is 0 Å². The second kappa shape index (κ2) is 7.46. The molecule has 0 bridgehead atoms. The third-order valence-corrected chi connectivity index (χ3v) is 3.47. The highest BCUT2D eigenvalue weighted by molar-refractivity contribution is 7.99. The molecule has 0 aliphatic rings. The van der Waals surface area contributed by atoms with Crippen LogP contribution in [0.3, 0.4) is 0 Å². The second-order valence-corrected chi connectivity index (χ2v) is 5.03. The fourth-order valence-corrected chi connectivity index (χ4v) is 2.25. The summed E-state index contributed by atoms with van der Waals surface area (Å²) < 4.78 is 5.57. The van der Waals surface area contributed by atoms with Gasteiger partial charge in [0.15, 0.2) is 5.82 Å². The quantitative estimate of drug-likeness (QED) is 0.238. The number of nitrogens with two attached hydrogens (primary N) is 2. The second-order valence-electron chi connectivity index (χ2n) is 3.94. The number of hydrogen-bond acceptors (Lipinski definition) is 7. The number of nitrogens with zero attached hydrogens (tertiary/aromatic N) is 2. The molecule has 21 heavy (non-hydrogen) atoms. The van der Waals surface area contributed by atoms with Gasteiger partial charge in [0.05, 0.1) is 6.61 Å². The van der Waals surface area contributed by atoms with Crippen molar-refractivity contribution in [1.29, 1.82) is 0 Å². The lowest BCUT2D eigenvalue weighted by Gasteiger charge is -2.07. The summed E-state index contributed by atoms with van der Waals surface area (Å²) in [5, 5.41) is 0.678. The number of aromatic nitrogens is 2. The number of rotatable bonds is 6. The summed E-state index contributed by atoms with van der Waals surface area (Å²) in [7, 11) is 0. The van der Waals surface area contributed by atoms with Crippen molar-refractivity contribution in [3.05, 3.63) is 42.2 Å². The fraction of sp³-hybridized carbons (Fsp3) is 0.154. The van der Waals surface area contributed by atoms with Crippen molar-refractivity contribution in [2.45, 2.75) is 5.03 Å². The molecule has 0 fully saturated rings. The zero-order valence-electron chi connectivity index (χ0n) is 11.2. The number of nitrogen functional groups attached to an aromatic ring is 2. The summed E-state index contributed by atoms with van der Waals surface area (Å²) in [5.41, 5.74) is 8.21. The monoisotopic (exact) mass is 305 g/mol. The molecule has 0 aliphatic heterocycles. The number of benzene rings is 1. The van der Waals surface area contributed by atoms with E-state index in [1.54, 1.807) is 36.7 Å². The SMILES string of the molecule is NNC(=O)c1cccc(OCCSc2nccnc2N)c1. The number of ether oxygens (including phenoxy) is 1. The van der Waals surface area contributed by atoms with Crippen LogP contribution in [-0.2, 0) is 0 Å². The van der Waals surface area contributed by atoms with Crippen LogP contribution in [0.5, 0.6) is 5.75 Å². The molecule has 0 spiro atoms. The Labute approximate surface area is 126 Å². The van der Waals surface area contributed by atoms with Crippen LogP contribution in [0.4, 0.5) is 5.82 Å². The van der Waals surface area contributed by atoms with Crippen molar-refractivity contribution in [2.75, 3.05) is 18.1 Å².